The van der Waals surface area contributed by atoms with Crippen molar-refractivity contribution in [2.24, 2.45) is 5.92 Å². The molecule has 98 valence electrons. The topological polar surface area (TPSA) is 49.3 Å². The Labute approximate surface area is 108 Å². The summed E-state index contributed by atoms with van der Waals surface area (Å²) in [5.41, 5.74) is 1.03. The van der Waals surface area contributed by atoms with Crippen LogP contribution in [-0.2, 0) is 4.79 Å². The number of aliphatic hydroxyl groups excluding tert-OH is 1. The van der Waals surface area contributed by atoms with E-state index in [9.17, 15) is 9.90 Å². The molecule has 1 aromatic carbocycles. The van der Waals surface area contributed by atoms with E-state index in [-0.39, 0.29) is 23.8 Å². The minimum absolute atomic E-state index is 0.0419. The van der Waals surface area contributed by atoms with E-state index in [2.05, 4.69) is 5.32 Å². The van der Waals surface area contributed by atoms with Crippen LogP contribution in [0.5, 0.6) is 0 Å². The first kappa shape index (κ1) is 13.1. The first-order chi connectivity index (χ1) is 8.68. The highest BCUT2D eigenvalue weighted by Crippen LogP contribution is 2.25. The van der Waals surface area contributed by atoms with Crippen molar-refractivity contribution in [1.82, 2.24) is 5.32 Å². The zero-order chi connectivity index (χ0) is 13.0. The summed E-state index contributed by atoms with van der Waals surface area (Å²) < 4.78 is 0. The summed E-state index contributed by atoms with van der Waals surface area (Å²) in [5.74, 6) is 0.141. The van der Waals surface area contributed by atoms with E-state index in [1.54, 1.807) is 0 Å². The SMILES string of the molecule is C[C@@H](C(=O)NC[C@@H]1CCC[C@@H]1O)c1ccccc1. The van der Waals surface area contributed by atoms with Crippen molar-refractivity contribution in [2.75, 3.05) is 6.54 Å². The summed E-state index contributed by atoms with van der Waals surface area (Å²) in [7, 11) is 0. The fourth-order valence-electron chi connectivity index (χ4n) is 2.53. The van der Waals surface area contributed by atoms with E-state index in [1.165, 1.54) is 0 Å². The number of nitrogens with one attached hydrogen (secondary N) is 1. The maximum Gasteiger partial charge on any atom is 0.227 e. The molecule has 0 aliphatic heterocycles. The summed E-state index contributed by atoms with van der Waals surface area (Å²) in [6.45, 7) is 2.51. The molecule has 0 radical (unpaired) electrons. The van der Waals surface area contributed by atoms with Gasteiger partial charge in [-0.3, -0.25) is 4.79 Å². The lowest BCUT2D eigenvalue weighted by atomic mass is 10.00. The molecule has 0 aromatic heterocycles. The Balaban J connectivity index is 1.84. The number of aliphatic hydroxyl groups is 1. The highest BCUT2D eigenvalue weighted by Gasteiger charge is 2.26. The molecule has 1 aliphatic carbocycles. The Kier molecular flexibility index (Phi) is 4.37. The summed E-state index contributed by atoms with van der Waals surface area (Å²) in [6, 6.07) is 9.77. The van der Waals surface area contributed by atoms with Gasteiger partial charge in [0.2, 0.25) is 5.91 Å². The number of carbonyl (C=O) groups is 1. The van der Waals surface area contributed by atoms with E-state index in [0.717, 1.165) is 24.8 Å². The van der Waals surface area contributed by atoms with Gasteiger partial charge in [-0.15, -0.1) is 0 Å². The van der Waals surface area contributed by atoms with Crippen molar-refractivity contribution in [3.63, 3.8) is 0 Å². The fraction of sp³-hybridized carbons (Fsp3) is 0.533. The van der Waals surface area contributed by atoms with Gasteiger partial charge < -0.3 is 10.4 Å². The molecule has 18 heavy (non-hydrogen) atoms. The number of hydrogen-bond acceptors (Lipinski definition) is 2. The number of benzene rings is 1. The molecule has 3 atom stereocenters. The number of amides is 1. The summed E-state index contributed by atoms with van der Waals surface area (Å²) in [4.78, 5) is 12.0. The van der Waals surface area contributed by atoms with Gasteiger partial charge in [0.05, 0.1) is 12.0 Å². The lowest BCUT2D eigenvalue weighted by Crippen LogP contribution is -2.34. The second-order valence-electron chi connectivity index (χ2n) is 5.14. The molecule has 0 saturated heterocycles. The third kappa shape index (κ3) is 3.10. The Bertz CT molecular complexity index is 391. The van der Waals surface area contributed by atoms with E-state index < -0.39 is 0 Å². The predicted molar refractivity (Wildman–Crippen MR) is 71.2 cm³/mol. The third-order valence-corrected chi connectivity index (χ3v) is 3.85. The Morgan fingerprint density at radius 1 is 1.39 bits per heavy atom. The second-order valence-corrected chi connectivity index (χ2v) is 5.14. The average molecular weight is 247 g/mol. The minimum Gasteiger partial charge on any atom is -0.393 e. The van der Waals surface area contributed by atoms with E-state index in [0.29, 0.717) is 6.54 Å². The lowest BCUT2D eigenvalue weighted by molar-refractivity contribution is -0.122. The molecule has 0 unspecified atom stereocenters. The van der Waals surface area contributed by atoms with Crippen molar-refractivity contribution in [1.29, 1.82) is 0 Å². The fourth-order valence-corrected chi connectivity index (χ4v) is 2.53. The van der Waals surface area contributed by atoms with Crippen LogP contribution in [0, 0.1) is 5.92 Å². The molecule has 1 aromatic rings. The van der Waals surface area contributed by atoms with Gasteiger partial charge in [0, 0.05) is 12.5 Å². The molecule has 3 heteroatoms. The summed E-state index contributed by atoms with van der Waals surface area (Å²) >= 11 is 0. The largest absolute Gasteiger partial charge is 0.393 e. The zero-order valence-electron chi connectivity index (χ0n) is 10.8. The molecule has 1 amide bonds. The van der Waals surface area contributed by atoms with E-state index in [1.807, 2.05) is 37.3 Å². The number of hydrogen-bond donors (Lipinski definition) is 2. The molecule has 2 rings (SSSR count). The van der Waals surface area contributed by atoms with Gasteiger partial charge in [-0.05, 0) is 25.3 Å². The Morgan fingerprint density at radius 3 is 2.72 bits per heavy atom. The molecule has 1 aliphatic rings. The monoisotopic (exact) mass is 247 g/mol. The molecular weight excluding hydrogens is 226 g/mol. The Hall–Kier alpha value is -1.35. The van der Waals surface area contributed by atoms with Gasteiger partial charge in [0.15, 0.2) is 0 Å². The van der Waals surface area contributed by atoms with Gasteiger partial charge in [0.25, 0.3) is 0 Å². The van der Waals surface area contributed by atoms with Crippen LogP contribution in [-0.4, -0.2) is 23.7 Å². The minimum atomic E-state index is -0.239. The quantitative estimate of drug-likeness (QED) is 0.855. The maximum atomic E-state index is 12.0. The summed E-state index contributed by atoms with van der Waals surface area (Å²) in [5, 5.41) is 12.7. The maximum absolute atomic E-state index is 12.0. The van der Waals surface area contributed by atoms with Crippen molar-refractivity contribution in [2.45, 2.75) is 38.2 Å². The van der Waals surface area contributed by atoms with Gasteiger partial charge in [0.1, 0.15) is 0 Å². The first-order valence-corrected chi connectivity index (χ1v) is 6.69. The molecule has 0 bridgehead atoms. The molecule has 0 spiro atoms. The second kappa shape index (κ2) is 6.01. The standard InChI is InChI=1S/C15H21NO2/c1-11(12-6-3-2-4-7-12)15(18)16-10-13-8-5-9-14(13)17/h2-4,6-7,11,13-14,17H,5,8-10H2,1H3,(H,16,18)/t11-,13+,14+/m1/s1. The third-order valence-electron chi connectivity index (χ3n) is 3.85. The van der Waals surface area contributed by atoms with Crippen LogP contribution in [0.4, 0.5) is 0 Å². The number of carbonyl (C=O) groups excluding carboxylic acids is 1. The van der Waals surface area contributed by atoms with Gasteiger partial charge in [-0.2, -0.15) is 0 Å². The van der Waals surface area contributed by atoms with Crippen LogP contribution in [0.3, 0.4) is 0 Å². The molecule has 1 saturated carbocycles. The summed E-state index contributed by atoms with van der Waals surface area (Å²) in [6.07, 6.45) is 2.71. The first-order valence-electron chi connectivity index (χ1n) is 6.69. The van der Waals surface area contributed by atoms with Crippen LogP contribution >= 0.6 is 0 Å². The van der Waals surface area contributed by atoms with E-state index >= 15 is 0 Å². The smallest absolute Gasteiger partial charge is 0.227 e. The number of rotatable bonds is 4. The van der Waals surface area contributed by atoms with Crippen LogP contribution in [0.2, 0.25) is 0 Å². The van der Waals surface area contributed by atoms with Gasteiger partial charge in [-0.1, -0.05) is 36.8 Å². The zero-order valence-corrected chi connectivity index (χ0v) is 10.8. The van der Waals surface area contributed by atoms with Gasteiger partial charge >= 0.3 is 0 Å². The van der Waals surface area contributed by atoms with Crippen molar-refractivity contribution in [3.8, 4) is 0 Å². The normalized spacial score (nSPS) is 24.8. The van der Waals surface area contributed by atoms with Crippen LogP contribution in [0.25, 0.3) is 0 Å². The predicted octanol–water partition coefficient (Wildman–Crippen LogP) is 2.07. The molecular formula is C15H21NO2. The molecule has 0 heterocycles. The lowest BCUT2D eigenvalue weighted by Gasteiger charge is -2.17. The van der Waals surface area contributed by atoms with Crippen LogP contribution in [0.15, 0.2) is 30.3 Å². The highest BCUT2D eigenvalue weighted by atomic mass is 16.3. The Morgan fingerprint density at radius 2 is 2.11 bits per heavy atom. The molecule has 2 N–H and O–H groups in total. The van der Waals surface area contributed by atoms with Gasteiger partial charge in [-0.25, -0.2) is 0 Å². The van der Waals surface area contributed by atoms with Crippen LogP contribution in [0.1, 0.15) is 37.7 Å². The van der Waals surface area contributed by atoms with Crippen molar-refractivity contribution >= 4 is 5.91 Å². The molecule has 3 nitrogen and oxygen atoms in total. The van der Waals surface area contributed by atoms with E-state index in [4.69, 9.17) is 0 Å². The van der Waals surface area contributed by atoms with Crippen LogP contribution < -0.4 is 5.32 Å². The molecule has 1 fully saturated rings. The van der Waals surface area contributed by atoms with Crippen molar-refractivity contribution < 1.29 is 9.90 Å². The van der Waals surface area contributed by atoms with Crippen molar-refractivity contribution in [3.05, 3.63) is 35.9 Å². The highest BCUT2D eigenvalue weighted by molar-refractivity contribution is 5.83. The average Bonchev–Trinajstić information content (AvgIpc) is 2.81.